The Kier molecular flexibility index (Phi) is 4.63. The highest BCUT2D eigenvalue weighted by molar-refractivity contribution is 5.12. The molecule has 2 fully saturated rings. The van der Waals surface area contributed by atoms with Crippen LogP contribution < -0.4 is 0 Å². The summed E-state index contributed by atoms with van der Waals surface area (Å²) in [5.41, 5.74) is 1.29. The highest BCUT2D eigenvalue weighted by Gasteiger charge is 2.36. The summed E-state index contributed by atoms with van der Waals surface area (Å²) in [6.45, 7) is 2.90. The molecule has 0 spiro atoms. The van der Waals surface area contributed by atoms with Crippen molar-refractivity contribution in [2.75, 3.05) is 13.2 Å². The predicted octanol–water partition coefficient (Wildman–Crippen LogP) is 2.43. The number of aromatic nitrogens is 3. The van der Waals surface area contributed by atoms with E-state index in [9.17, 15) is 0 Å². The summed E-state index contributed by atoms with van der Waals surface area (Å²) in [7, 11) is 2.07. The number of imidazole rings is 1. The Morgan fingerprint density at radius 1 is 1.25 bits per heavy atom. The maximum atomic E-state index is 6.30. The number of hydrogen-bond acceptors (Lipinski definition) is 4. The number of pyridine rings is 1. The predicted molar refractivity (Wildman–Crippen MR) is 92.4 cm³/mol. The monoisotopic (exact) mass is 326 g/mol. The van der Waals surface area contributed by atoms with Crippen LogP contribution in [0, 0.1) is 5.92 Å². The minimum absolute atomic E-state index is 0.325. The van der Waals surface area contributed by atoms with E-state index in [4.69, 9.17) is 4.74 Å². The van der Waals surface area contributed by atoms with Gasteiger partial charge in [-0.2, -0.15) is 0 Å². The first kappa shape index (κ1) is 15.8. The van der Waals surface area contributed by atoms with Crippen LogP contribution in [0.15, 0.2) is 36.9 Å². The van der Waals surface area contributed by atoms with Crippen molar-refractivity contribution in [3.63, 3.8) is 0 Å². The van der Waals surface area contributed by atoms with Gasteiger partial charge in [-0.1, -0.05) is 6.07 Å². The third-order valence-corrected chi connectivity index (χ3v) is 5.28. The summed E-state index contributed by atoms with van der Waals surface area (Å²) in [4.78, 5) is 11.3. The third-order valence-electron chi connectivity index (χ3n) is 5.28. The summed E-state index contributed by atoms with van der Waals surface area (Å²) in [5.74, 6) is 1.93. The van der Waals surface area contributed by atoms with Crippen LogP contribution in [-0.4, -0.2) is 44.7 Å². The molecule has 1 aliphatic heterocycles. The fourth-order valence-electron chi connectivity index (χ4n) is 3.57. The van der Waals surface area contributed by atoms with Crippen molar-refractivity contribution in [3.8, 4) is 0 Å². The molecule has 0 unspecified atom stereocenters. The van der Waals surface area contributed by atoms with Gasteiger partial charge in [-0.25, -0.2) is 4.98 Å². The lowest BCUT2D eigenvalue weighted by atomic mass is 10.0. The van der Waals surface area contributed by atoms with E-state index in [1.165, 1.54) is 18.4 Å². The van der Waals surface area contributed by atoms with Crippen molar-refractivity contribution in [1.82, 2.24) is 19.4 Å². The highest BCUT2D eigenvalue weighted by Crippen LogP contribution is 2.32. The molecule has 5 heteroatoms. The van der Waals surface area contributed by atoms with Gasteiger partial charge in [0.15, 0.2) is 0 Å². The van der Waals surface area contributed by atoms with Crippen LogP contribution in [0.4, 0.5) is 0 Å². The molecule has 0 radical (unpaired) electrons. The smallest absolute Gasteiger partial charge is 0.122 e. The molecule has 2 aromatic rings. The molecule has 128 valence electrons. The zero-order valence-electron chi connectivity index (χ0n) is 14.3. The Bertz CT molecular complexity index is 652. The SMILES string of the molecule is Cn1ccnc1CN1CC[C@@H](OCC2CC2)[C@@H]1Cc1cccnc1. The molecular weight excluding hydrogens is 300 g/mol. The van der Waals surface area contributed by atoms with Crippen LogP contribution in [0.1, 0.15) is 30.7 Å². The van der Waals surface area contributed by atoms with E-state index in [-0.39, 0.29) is 0 Å². The van der Waals surface area contributed by atoms with Gasteiger partial charge < -0.3 is 9.30 Å². The molecule has 0 bridgehead atoms. The number of likely N-dealkylation sites (tertiary alicyclic amines) is 1. The maximum absolute atomic E-state index is 6.30. The maximum Gasteiger partial charge on any atom is 0.122 e. The molecule has 0 aromatic carbocycles. The van der Waals surface area contributed by atoms with Crippen molar-refractivity contribution in [1.29, 1.82) is 0 Å². The average Bonchev–Trinajstić information content (AvgIpc) is 3.24. The fraction of sp³-hybridized carbons (Fsp3) is 0.579. The first-order valence-corrected chi connectivity index (χ1v) is 9.00. The van der Waals surface area contributed by atoms with Crippen molar-refractivity contribution in [2.45, 2.75) is 44.4 Å². The number of aryl methyl sites for hydroxylation is 1. The van der Waals surface area contributed by atoms with Crippen LogP contribution in [-0.2, 0) is 24.8 Å². The lowest BCUT2D eigenvalue weighted by Gasteiger charge is -2.28. The van der Waals surface area contributed by atoms with Gasteiger partial charge in [-0.05, 0) is 43.2 Å². The van der Waals surface area contributed by atoms with Gasteiger partial charge in [0, 0.05) is 51.0 Å². The van der Waals surface area contributed by atoms with Crippen LogP contribution in [0.3, 0.4) is 0 Å². The molecule has 3 heterocycles. The van der Waals surface area contributed by atoms with E-state index in [1.807, 2.05) is 30.9 Å². The Labute approximate surface area is 143 Å². The first-order valence-electron chi connectivity index (χ1n) is 9.00. The molecule has 2 atom stereocenters. The molecule has 4 rings (SSSR count). The van der Waals surface area contributed by atoms with Gasteiger partial charge in [0.2, 0.25) is 0 Å². The van der Waals surface area contributed by atoms with Crippen LogP contribution >= 0.6 is 0 Å². The largest absolute Gasteiger partial charge is 0.376 e. The Morgan fingerprint density at radius 3 is 2.88 bits per heavy atom. The second-order valence-corrected chi connectivity index (χ2v) is 7.16. The summed E-state index contributed by atoms with van der Waals surface area (Å²) < 4.78 is 8.41. The van der Waals surface area contributed by atoms with Gasteiger partial charge in [0.25, 0.3) is 0 Å². The molecule has 2 aromatic heterocycles. The van der Waals surface area contributed by atoms with Crippen LogP contribution in [0.5, 0.6) is 0 Å². The van der Waals surface area contributed by atoms with Crippen molar-refractivity contribution in [3.05, 3.63) is 48.3 Å². The zero-order chi connectivity index (χ0) is 16.4. The molecule has 0 amide bonds. The van der Waals surface area contributed by atoms with Gasteiger partial charge in [-0.15, -0.1) is 0 Å². The van der Waals surface area contributed by atoms with E-state index in [0.29, 0.717) is 12.1 Å². The quantitative estimate of drug-likeness (QED) is 0.784. The third kappa shape index (κ3) is 3.68. The van der Waals surface area contributed by atoms with Crippen molar-refractivity contribution >= 4 is 0 Å². The summed E-state index contributed by atoms with van der Waals surface area (Å²) >= 11 is 0. The minimum atomic E-state index is 0.325. The van der Waals surface area contributed by atoms with Crippen molar-refractivity contribution in [2.24, 2.45) is 13.0 Å². The van der Waals surface area contributed by atoms with Crippen molar-refractivity contribution < 1.29 is 4.74 Å². The lowest BCUT2D eigenvalue weighted by molar-refractivity contribution is 0.0191. The number of rotatable bonds is 7. The first-order chi connectivity index (χ1) is 11.8. The molecule has 24 heavy (non-hydrogen) atoms. The Balaban J connectivity index is 1.47. The highest BCUT2D eigenvalue weighted by atomic mass is 16.5. The normalized spacial score (nSPS) is 24.5. The average molecular weight is 326 g/mol. The number of nitrogens with zero attached hydrogens (tertiary/aromatic N) is 4. The minimum Gasteiger partial charge on any atom is -0.376 e. The van der Waals surface area contributed by atoms with Gasteiger partial charge in [-0.3, -0.25) is 9.88 Å². The fourth-order valence-corrected chi connectivity index (χ4v) is 3.57. The Hall–Kier alpha value is -1.72. The molecule has 5 nitrogen and oxygen atoms in total. The molecule has 1 saturated carbocycles. The molecular formula is C19H26N4O. The van der Waals surface area contributed by atoms with Gasteiger partial charge in [0.1, 0.15) is 5.82 Å². The van der Waals surface area contributed by atoms with Crippen LogP contribution in [0.25, 0.3) is 0 Å². The summed E-state index contributed by atoms with van der Waals surface area (Å²) in [6, 6.07) is 4.60. The van der Waals surface area contributed by atoms with Crippen LogP contribution in [0.2, 0.25) is 0 Å². The lowest BCUT2D eigenvalue weighted by Crippen LogP contribution is -2.38. The Morgan fingerprint density at radius 2 is 2.17 bits per heavy atom. The topological polar surface area (TPSA) is 43.2 Å². The molecule has 2 aliphatic rings. The van der Waals surface area contributed by atoms with Gasteiger partial charge >= 0.3 is 0 Å². The molecule has 1 saturated heterocycles. The van der Waals surface area contributed by atoms with Gasteiger partial charge in [0.05, 0.1) is 12.6 Å². The second-order valence-electron chi connectivity index (χ2n) is 7.16. The summed E-state index contributed by atoms with van der Waals surface area (Å²) in [6.07, 6.45) is 12.8. The second kappa shape index (κ2) is 7.03. The number of ether oxygens (including phenoxy) is 1. The zero-order valence-corrected chi connectivity index (χ0v) is 14.3. The summed E-state index contributed by atoms with van der Waals surface area (Å²) in [5, 5.41) is 0. The van der Waals surface area contributed by atoms with E-state index < -0.39 is 0 Å². The number of hydrogen-bond donors (Lipinski definition) is 0. The standard InChI is InChI=1S/C19H26N4O/c1-22-10-8-21-19(22)13-23-9-6-18(24-14-15-4-5-15)17(23)11-16-3-2-7-20-12-16/h2-3,7-8,10,12,15,17-18H,4-6,9,11,13-14H2,1H3/t17-,18+/m0/s1. The van der Waals surface area contributed by atoms with E-state index in [0.717, 1.165) is 44.3 Å². The molecule has 0 N–H and O–H groups in total. The van der Waals surface area contributed by atoms with E-state index >= 15 is 0 Å². The van der Waals surface area contributed by atoms with E-state index in [1.54, 1.807) is 0 Å². The molecule has 1 aliphatic carbocycles. The van der Waals surface area contributed by atoms with E-state index in [2.05, 4.69) is 32.5 Å².